The summed E-state index contributed by atoms with van der Waals surface area (Å²) in [6.45, 7) is -0.410. The third-order valence-corrected chi connectivity index (χ3v) is 3.14. The fourth-order valence-corrected chi connectivity index (χ4v) is 2.21. The first-order valence-electron chi connectivity index (χ1n) is 6.40. The Morgan fingerprint density at radius 2 is 1.29 bits per heavy atom. The van der Waals surface area contributed by atoms with Crippen LogP contribution in [0.4, 0.5) is 0 Å². The van der Waals surface area contributed by atoms with E-state index in [0.29, 0.717) is 11.1 Å². The van der Waals surface area contributed by atoms with Gasteiger partial charge in [-0.2, -0.15) is 0 Å². The van der Waals surface area contributed by atoms with Crippen LogP contribution in [-0.4, -0.2) is 18.4 Å². The summed E-state index contributed by atoms with van der Waals surface area (Å²) < 4.78 is 5.58. The lowest BCUT2D eigenvalue weighted by atomic mass is 9.85. The molecule has 0 fully saturated rings. The molecule has 0 aromatic heterocycles. The van der Waals surface area contributed by atoms with Crippen molar-refractivity contribution < 1.29 is 14.3 Å². The van der Waals surface area contributed by atoms with Crippen molar-refractivity contribution in [2.75, 3.05) is 6.61 Å². The van der Waals surface area contributed by atoms with Gasteiger partial charge in [0, 0.05) is 0 Å². The van der Waals surface area contributed by atoms with Crippen LogP contribution in [-0.2, 0) is 19.9 Å². The lowest BCUT2D eigenvalue weighted by Gasteiger charge is -2.31. The lowest BCUT2D eigenvalue weighted by molar-refractivity contribution is -0.144. The first-order valence-corrected chi connectivity index (χ1v) is 6.40. The van der Waals surface area contributed by atoms with Crippen molar-refractivity contribution in [3.8, 4) is 0 Å². The number of rotatable bonds is 6. The molecule has 2 rings (SSSR count). The zero-order chi connectivity index (χ0) is 15.3. The van der Waals surface area contributed by atoms with Crippen molar-refractivity contribution in [3.63, 3.8) is 0 Å². The van der Waals surface area contributed by atoms with E-state index in [1.54, 1.807) is 48.5 Å². The van der Waals surface area contributed by atoms with Gasteiger partial charge in [0.1, 0.15) is 6.61 Å². The highest BCUT2D eigenvalue weighted by Crippen LogP contribution is 2.33. The second-order valence-corrected chi connectivity index (χ2v) is 4.53. The van der Waals surface area contributed by atoms with Gasteiger partial charge in [-0.3, -0.25) is 9.59 Å². The van der Waals surface area contributed by atoms with Crippen molar-refractivity contribution >= 4 is 11.8 Å². The van der Waals surface area contributed by atoms with Gasteiger partial charge in [-0.25, -0.2) is 0 Å². The van der Waals surface area contributed by atoms with Crippen LogP contribution in [0.1, 0.15) is 11.1 Å². The number of hydrogen-bond acceptors (Lipinski definition) is 3. The summed E-state index contributed by atoms with van der Waals surface area (Å²) in [4.78, 5) is 23.3. The van der Waals surface area contributed by atoms with Gasteiger partial charge in [-0.15, -0.1) is 0 Å². The van der Waals surface area contributed by atoms with Gasteiger partial charge in [0.05, 0.1) is 0 Å². The van der Waals surface area contributed by atoms with E-state index in [4.69, 9.17) is 16.2 Å². The highest BCUT2D eigenvalue weighted by atomic mass is 16.5. The molecule has 0 unspecified atom stereocenters. The van der Waals surface area contributed by atoms with E-state index in [0.717, 1.165) is 0 Å². The predicted molar refractivity (Wildman–Crippen MR) is 78.0 cm³/mol. The average molecular weight is 284 g/mol. The molecule has 2 aromatic carbocycles. The molecule has 0 bridgehead atoms. The average Bonchev–Trinajstić information content (AvgIpc) is 2.49. The van der Waals surface area contributed by atoms with Gasteiger partial charge in [0.25, 0.3) is 5.91 Å². The van der Waals surface area contributed by atoms with Gasteiger partial charge in [0.2, 0.25) is 5.91 Å². The van der Waals surface area contributed by atoms with Gasteiger partial charge < -0.3 is 16.2 Å². The molecular weight excluding hydrogens is 268 g/mol. The summed E-state index contributed by atoms with van der Waals surface area (Å²) in [5.74, 6) is -1.38. The second-order valence-electron chi connectivity index (χ2n) is 4.53. The third-order valence-electron chi connectivity index (χ3n) is 3.14. The molecule has 5 heteroatoms. The molecule has 21 heavy (non-hydrogen) atoms. The molecule has 0 spiro atoms. The quantitative estimate of drug-likeness (QED) is 0.825. The Balaban J connectivity index is 2.60. The van der Waals surface area contributed by atoms with Gasteiger partial charge in [-0.1, -0.05) is 60.7 Å². The van der Waals surface area contributed by atoms with Crippen LogP contribution in [0.2, 0.25) is 0 Å². The number of carbonyl (C=O) groups excluding carboxylic acids is 2. The maximum absolute atomic E-state index is 12.2. The third kappa shape index (κ3) is 2.93. The monoisotopic (exact) mass is 284 g/mol. The molecule has 0 aliphatic carbocycles. The van der Waals surface area contributed by atoms with E-state index < -0.39 is 24.0 Å². The van der Waals surface area contributed by atoms with Gasteiger partial charge >= 0.3 is 0 Å². The highest BCUT2D eigenvalue weighted by Gasteiger charge is 2.42. The van der Waals surface area contributed by atoms with Crippen molar-refractivity contribution in [1.82, 2.24) is 0 Å². The second kappa shape index (κ2) is 6.19. The van der Waals surface area contributed by atoms with Crippen LogP contribution in [0.25, 0.3) is 0 Å². The Hall–Kier alpha value is -2.66. The Morgan fingerprint density at radius 1 is 0.857 bits per heavy atom. The molecule has 4 N–H and O–H groups in total. The summed E-state index contributed by atoms with van der Waals surface area (Å²) in [7, 11) is 0. The number of amides is 2. The number of nitrogens with two attached hydrogens (primary N) is 2. The molecule has 2 amide bonds. The van der Waals surface area contributed by atoms with Crippen LogP contribution in [0.15, 0.2) is 60.7 Å². The minimum absolute atomic E-state index is 0.410. The van der Waals surface area contributed by atoms with E-state index in [-0.39, 0.29) is 0 Å². The fourth-order valence-electron chi connectivity index (χ4n) is 2.21. The minimum atomic E-state index is -1.54. The summed E-state index contributed by atoms with van der Waals surface area (Å²) in [6.07, 6.45) is 0. The Bertz CT molecular complexity index is 587. The molecule has 0 aliphatic rings. The zero-order valence-corrected chi connectivity index (χ0v) is 11.4. The van der Waals surface area contributed by atoms with Crippen molar-refractivity contribution in [2.24, 2.45) is 11.5 Å². The molecule has 0 heterocycles. The Kier molecular flexibility index (Phi) is 4.35. The molecule has 0 saturated carbocycles. The summed E-state index contributed by atoms with van der Waals surface area (Å²) in [5, 5.41) is 0. The van der Waals surface area contributed by atoms with E-state index in [2.05, 4.69) is 0 Å². The van der Waals surface area contributed by atoms with Crippen LogP contribution in [0, 0.1) is 0 Å². The van der Waals surface area contributed by atoms with Gasteiger partial charge in [0.15, 0.2) is 5.60 Å². The van der Waals surface area contributed by atoms with Crippen LogP contribution < -0.4 is 11.5 Å². The largest absolute Gasteiger partial charge is 0.368 e. The van der Waals surface area contributed by atoms with Crippen LogP contribution >= 0.6 is 0 Å². The Labute approximate surface area is 122 Å². The topological polar surface area (TPSA) is 95.4 Å². The Morgan fingerprint density at radius 3 is 1.62 bits per heavy atom. The molecule has 2 aromatic rings. The maximum Gasteiger partial charge on any atom is 0.259 e. The first kappa shape index (κ1) is 14.7. The SMILES string of the molecule is NC(=O)COC(C(N)=O)(c1ccccc1)c1ccccc1. The number of ether oxygens (including phenoxy) is 1. The molecule has 0 saturated heterocycles. The molecule has 5 nitrogen and oxygen atoms in total. The molecule has 0 aliphatic heterocycles. The van der Waals surface area contributed by atoms with Crippen molar-refractivity contribution in [2.45, 2.75) is 5.60 Å². The highest BCUT2D eigenvalue weighted by molar-refractivity contribution is 5.89. The standard InChI is InChI=1S/C16H16N2O3/c17-14(19)11-21-16(15(18)20,12-7-3-1-4-8-12)13-9-5-2-6-10-13/h1-10H,11H2,(H2,17,19)(H2,18,20). The van der Waals surface area contributed by atoms with Crippen LogP contribution in [0.3, 0.4) is 0 Å². The summed E-state index contributed by atoms with van der Waals surface area (Å²) in [5.41, 5.74) is 10.3. The number of primary amides is 2. The summed E-state index contributed by atoms with van der Waals surface area (Å²) in [6, 6.07) is 17.6. The fraction of sp³-hybridized carbons (Fsp3) is 0.125. The first-order chi connectivity index (χ1) is 10.1. The zero-order valence-electron chi connectivity index (χ0n) is 11.4. The van der Waals surface area contributed by atoms with Gasteiger partial charge in [-0.05, 0) is 11.1 Å². The normalized spacial score (nSPS) is 11.0. The molecule has 0 radical (unpaired) electrons. The van der Waals surface area contributed by atoms with E-state index >= 15 is 0 Å². The summed E-state index contributed by atoms with van der Waals surface area (Å²) >= 11 is 0. The number of carbonyl (C=O) groups is 2. The number of benzene rings is 2. The maximum atomic E-state index is 12.2. The predicted octanol–water partition coefficient (Wildman–Crippen LogP) is 0.917. The van der Waals surface area contributed by atoms with Crippen molar-refractivity contribution in [1.29, 1.82) is 0 Å². The minimum Gasteiger partial charge on any atom is -0.368 e. The van der Waals surface area contributed by atoms with E-state index in [1.165, 1.54) is 0 Å². The van der Waals surface area contributed by atoms with E-state index in [1.807, 2.05) is 12.1 Å². The molecular formula is C16H16N2O3. The lowest BCUT2D eigenvalue weighted by Crippen LogP contribution is -2.46. The molecule has 0 atom stereocenters. The molecule has 108 valence electrons. The van der Waals surface area contributed by atoms with Crippen LogP contribution in [0.5, 0.6) is 0 Å². The van der Waals surface area contributed by atoms with Crippen molar-refractivity contribution in [3.05, 3.63) is 71.8 Å². The smallest absolute Gasteiger partial charge is 0.259 e. The van der Waals surface area contributed by atoms with E-state index in [9.17, 15) is 9.59 Å². The number of hydrogen-bond donors (Lipinski definition) is 2.